The zero-order chi connectivity index (χ0) is 16.0. The van der Waals surface area contributed by atoms with E-state index in [0.29, 0.717) is 26.1 Å². The molecule has 0 saturated carbocycles. The van der Waals surface area contributed by atoms with E-state index in [-0.39, 0.29) is 0 Å². The normalized spacial score (nSPS) is 18.6. The summed E-state index contributed by atoms with van der Waals surface area (Å²) in [6.07, 6.45) is 0.576. The molecule has 1 aliphatic rings. The molecule has 7 nitrogen and oxygen atoms in total. The predicted octanol–water partition coefficient (Wildman–Crippen LogP) is 1.06. The smallest absolute Gasteiger partial charge is 0.408 e. The molecule has 1 heterocycles. The van der Waals surface area contributed by atoms with E-state index in [1.807, 2.05) is 0 Å². The number of rotatable bonds is 4. The average Bonchev–Trinajstić information content (AvgIpc) is 2.34. The molecule has 0 aromatic heterocycles. The molecule has 0 bridgehead atoms. The number of aliphatic carboxylic acids is 1. The number of carboxylic acid groups (broad SMARTS) is 1. The van der Waals surface area contributed by atoms with E-state index in [0.717, 1.165) is 5.57 Å². The van der Waals surface area contributed by atoms with E-state index in [1.54, 1.807) is 20.8 Å². The minimum absolute atomic E-state index is 0.551. The fourth-order valence-electron chi connectivity index (χ4n) is 1.87. The number of aliphatic hydroxyl groups excluding tert-OH is 1. The van der Waals surface area contributed by atoms with Crippen molar-refractivity contribution in [2.75, 3.05) is 13.2 Å². The Labute approximate surface area is 123 Å². The van der Waals surface area contributed by atoms with Gasteiger partial charge in [0.05, 0.1) is 13.2 Å². The van der Waals surface area contributed by atoms with E-state index in [1.165, 1.54) is 6.08 Å². The van der Waals surface area contributed by atoms with E-state index < -0.39 is 29.8 Å². The van der Waals surface area contributed by atoms with Gasteiger partial charge in [0.2, 0.25) is 0 Å². The van der Waals surface area contributed by atoms with E-state index in [4.69, 9.17) is 14.6 Å². The summed E-state index contributed by atoms with van der Waals surface area (Å²) in [5, 5.41) is 21.3. The molecule has 0 aromatic rings. The molecule has 3 N–H and O–H groups in total. The summed E-state index contributed by atoms with van der Waals surface area (Å²) < 4.78 is 10.2. The predicted molar refractivity (Wildman–Crippen MR) is 74.9 cm³/mol. The van der Waals surface area contributed by atoms with Crippen LogP contribution in [0, 0.1) is 0 Å². The Morgan fingerprint density at radius 3 is 2.38 bits per heavy atom. The number of alkyl carbamates (subject to hydrolysis) is 1. The third-order valence-corrected chi connectivity index (χ3v) is 2.82. The number of carboxylic acids is 1. The number of ether oxygens (including phenoxy) is 2. The molecule has 0 aromatic carbocycles. The van der Waals surface area contributed by atoms with Gasteiger partial charge in [-0.25, -0.2) is 9.59 Å². The maximum absolute atomic E-state index is 11.6. The lowest BCUT2D eigenvalue weighted by atomic mass is 10.0. The topological polar surface area (TPSA) is 105 Å². The summed E-state index contributed by atoms with van der Waals surface area (Å²) >= 11 is 0. The number of carbonyl (C=O) groups excluding carboxylic acids is 1. The summed E-state index contributed by atoms with van der Waals surface area (Å²) in [5.41, 5.74) is 0.183. The molecule has 7 heteroatoms. The zero-order valence-electron chi connectivity index (χ0n) is 12.6. The molecule has 120 valence electrons. The highest BCUT2D eigenvalue weighted by molar-refractivity contribution is 5.81. The second kappa shape index (κ2) is 7.42. The fraction of sp³-hybridized carbons (Fsp3) is 0.714. The first-order valence-corrected chi connectivity index (χ1v) is 6.87. The number of hydrogen-bond donors (Lipinski definition) is 3. The zero-order valence-corrected chi connectivity index (χ0v) is 12.6. The number of nitrogens with one attached hydrogen (secondary N) is 1. The first kappa shape index (κ1) is 17.5. The summed E-state index contributed by atoms with van der Waals surface area (Å²) in [7, 11) is 0. The lowest BCUT2D eigenvalue weighted by Crippen LogP contribution is -2.49. The van der Waals surface area contributed by atoms with Gasteiger partial charge in [-0.15, -0.1) is 0 Å². The number of hydrogen-bond acceptors (Lipinski definition) is 5. The van der Waals surface area contributed by atoms with Crippen LogP contribution in [0.15, 0.2) is 11.6 Å². The molecule has 0 radical (unpaired) electrons. The van der Waals surface area contributed by atoms with Crippen LogP contribution in [0.3, 0.4) is 0 Å². The maximum atomic E-state index is 11.6. The monoisotopic (exact) mass is 301 g/mol. The Bertz CT molecular complexity index is 404. The van der Waals surface area contributed by atoms with Gasteiger partial charge in [-0.3, -0.25) is 0 Å². The van der Waals surface area contributed by atoms with Crippen LogP contribution >= 0.6 is 0 Å². The van der Waals surface area contributed by atoms with Gasteiger partial charge < -0.3 is 25.0 Å². The molecule has 2 atom stereocenters. The third-order valence-electron chi connectivity index (χ3n) is 2.82. The second-order valence-electron chi connectivity index (χ2n) is 5.89. The van der Waals surface area contributed by atoms with Crippen LogP contribution in [0.2, 0.25) is 0 Å². The van der Waals surface area contributed by atoms with Crippen molar-refractivity contribution >= 4 is 12.1 Å². The van der Waals surface area contributed by atoms with Crippen molar-refractivity contribution in [3.63, 3.8) is 0 Å². The Morgan fingerprint density at radius 2 is 1.90 bits per heavy atom. The number of carbonyl (C=O) groups is 2. The highest BCUT2D eigenvalue weighted by Gasteiger charge is 2.29. The van der Waals surface area contributed by atoms with Gasteiger partial charge in [0, 0.05) is 0 Å². The summed E-state index contributed by atoms with van der Waals surface area (Å²) in [5.74, 6) is -1.32. The van der Waals surface area contributed by atoms with Crippen molar-refractivity contribution in [3.05, 3.63) is 11.6 Å². The average molecular weight is 301 g/mol. The SMILES string of the molecule is CC(C)(C)OC(=O)N[C@@H](C(=O)O)[C@H](O)C=C1CCOCC1. The van der Waals surface area contributed by atoms with Crippen LogP contribution in [0.25, 0.3) is 0 Å². The molecule has 1 amide bonds. The summed E-state index contributed by atoms with van der Waals surface area (Å²) in [6, 6.07) is -1.45. The lowest BCUT2D eigenvalue weighted by Gasteiger charge is -2.24. The Kier molecular flexibility index (Phi) is 6.17. The molecule has 1 saturated heterocycles. The summed E-state index contributed by atoms with van der Waals surface area (Å²) in [4.78, 5) is 22.8. The van der Waals surface area contributed by atoms with Crippen LogP contribution in [0.4, 0.5) is 4.79 Å². The largest absolute Gasteiger partial charge is 0.480 e. The number of aliphatic hydroxyl groups is 1. The molecule has 1 fully saturated rings. The van der Waals surface area contributed by atoms with Gasteiger partial charge in [0.15, 0.2) is 6.04 Å². The Hall–Kier alpha value is -1.60. The second-order valence-corrected chi connectivity index (χ2v) is 5.89. The lowest BCUT2D eigenvalue weighted by molar-refractivity contribution is -0.141. The van der Waals surface area contributed by atoms with Crippen LogP contribution in [0.5, 0.6) is 0 Å². The minimum Gasteiger partial charge on any atom is -0.480 e. The van der Waals surface area contributed by atoms with E-state index >= 15 is 0 Å². The molecular formula is C14H23NO6. The van der Waals surface area contributed by atoms with Gasteiger partial charge in [-0.1, -0.05) is 11.6 Å². The molecule has 1 aliphatic heterocycles. The van der Waals surface area contributed by atoms with Crippen molar-refractivity contribution in [2.45, 2.75) is 51.4 Å². The highest BCUT2D eigenvalue weighted by atomic mass is 16.6. The van der Waals surface area contributed by atoms with Gasteiger partial charge in [0.25, 0.3) is 0 Å². The Balaban J connectivity index is 2.67. The van der Waals surface area contributed by atoms with Crippen molar-refractivity contribution in [3.8, 4) is 0 Å². The van der Waals surface area contributed by atoms with Gasteiger partial charge in [-0.05, 0) is 33.6 Å². The molecule has 0 aliphatic carbocycles. The fourth-order valence-corrected chi connectivity index (χ4v) is 1.87. The first-order chi connectivity index (χ1) is 9.69. The standard InChI is InChI=1S/C14H23NO6/c1-14(2,3)21-13(19)15-11(12(17)18)10(16)8-9-4-6-20-7-5-9/h8,10-11,16H,4-7H2,1-3H3,(H,15,19)(H,17,18)/t10-,11-/m1/s1. The van der Waals surface area contributed by atoms with Crippen LogP contribution in [-0.2, 0) is 14.3 Å². The first-order valence-electron chi connectivity index (χ1n) is 6.87. The third kappa shape index (κ3) is 6.59. The van der Waals surface area contributed by atoms with E-state index in [9.17, 15) is 14.7 Å². The van der Waals surface area contributed by atoms with Crippen LogP contribution < -0.4 is 5.32 Å². The van der Waals surface area contributed by atoms with Gasteiger partial charge >= 0.3 is 12.1 Å². The number of amides is 1. The van der Waals surface area contributed by atoms with Crippen LogP contribution in [0.1, 0.15) is 33.6 Å². The molecule has 0 spiro atoms. The molecule has 21 heavy (non-hydrogen) atoms. The minimum atomic E-state index is -1.45. The highest BCUT2D eigenvalue weighted by Crippen LogP contribution is 2.15. The quantitative estimate of drug-likeness (QED) is 0.671. The Morgan fingerprint density at radius 1 is 1.33 bits per heavy atom. The summed E-state index contributed by atoms with van der Waals surface area (Å²) in [6.45, 7) is 6.11. The maximum Gasteiger partial charge on any atom is 0.408 e. The van der Waals surface area contributed by atoms with Crippen LogP contribution in [-0.4, -0.2) is 53.2 Å². The van der Waals surface area contributed by atoms with Crippen molar-refractivity contribution < 1.29 is 29.3 Å². The molecule has 0 unspecified atom stereocenters. The molecule has 1 rings (SSSR count). The van der Waals surface area contributed by atoms with E-state index in [2.05, 4.69) is 5.32 Å². The van der Waals surface area contributed by atoms with Gasteiger partial charge in [-0.2, -0.15) is 0 Å². The molecular weight excluding hydrogens is 278 g/mol. The van der Waals surface area contributed by atoms with Crippen molar-refractivity contribution in [2.24, 2.45) is 0 Å². The van der Waals surface area contributed by atoms with Crippen molar-refractivity contribution in [1.82, 2.24) is 5.32 Å². The van der Waals surface area contributed by atoms with Gasteiger partial charge in [0.1, 0.15) is 11.7 Å². The van der Waals surface area contributed by atoms with Crippen molar-refractivity contribution in [1.29, 1.82) is 0 Å².